The van der Waals surface area contributed by atoms with Gasteiger partial charge in [0.1, 0.15) is 5.82 Å². The third-order valence-electron chi connectivity index (χ3n) is 4.25. The van der Waals surface area contributed by atoms with Crippen LogP contribution < -0.4 is 10.5 Å². The van der Waals surface area contributed by atoms with Gasteiger partial charge in [0, 0.05) is 6.54 Å². The van der Waals surface area contributed by atoms with Crippen molar-refractivity contribution in [2.45, 2.75) is 30.6 Å². The molecule has 2 fully saturated rings. The predicted molar refractivity (Wildman–Crippen MR) is 74.9 cm³/mol. The van der Waals surface area contributed by atoms with E-state index in [2.05, 4.69) is 4.72 Å². The lowest BCUT2D eigenvalue weighted by Gasteiger charge is -2.16. The Bertz CT molecular complexity index is 598. The smallest absolute Gasteiger partial charge is 0.240 e. The van der Waals surface area contributed by atoms with Crippen LogP contribution >= 0.6 is 0 Å². The number of halogens is 1. The first-order chi connectivity index (χ1) is 9.47. The first-order valence-electron chi connectivity index (χ1n) is 7.02. The highest BCUT2D eigenvalue weighted by atomic mass is 32.2. The Labute approximate surface area is 118 Å². The van der Waals surface area contributed by atoms with E-state index in [9.17, 15) is 12.8 Å². The zero-order valence-electron chi connectivity index (χ0n) is 11.2. The van der Waals surface area contributed by atoms with Crippen LogP contribution in [0, 0.1) is 23.6 Å². The Kier molecular flexibility index (Phi) is 3.46. The molecule has 0 heterocycles. The van der Waals surface area contributed by atoms with Gasteiger partial charge in [-0.3, -0.25) is 0 Å². The molecule has 0 saturated heterocycles. The number of sulfonamides is 1. The minimum atomic E-state index is -3.65. The molecule has 2 aliphatic carbocycles. The zero-order valence-corrected chi connectivity index (χ0v) is 12.0. The number of hydrogen-bond acceptors (Lipinski definition) is 3. The molecule has 0 aliphatic heterocycles. The van der Waals surface area contributed by atoms with E-state index in [1.54, 1.807) is 0 Å². The lowest BCUT2D eigenvalue weighted by molar-refractivity contribution is 0.401. The van der Waals surface area contributed by atoms with Crippen LogP contribution in [0.2, 0.25) is 0 Å². The third-order valence-corrected chi connectivity index (χ3v) is 5.67. The average molecular weight is 298 g/mol. The highest BCUT2D eigenvalue weighted by Crippen LogP contribution is 2.48. The first-order valence-corrected chi connectivity index (χ1v) is 8.50. The van der Waals surface area contributed by atoms with Crippen LogP contribution in [-0.2, 0) is 10.0 Å². The lowest BCUT2D eigenvalue weighted by Crippen LogP contribution is -2.31. The second kappa shape index (κ2) is 5.00. The maximum absolute atomic E-state index is 13.4. The molecule has 2 aliphatic rings. The van der Waals surface area contributed by atoms with Gasteiger partial charge in [-0.1, -0.05) is 0 Å². The molecule has 0 bridgehead atoms. The summed E-state index contributed by atoms with van der Waals surface area (Å²) in [6.07, 6.45) is 4.83. The molecule has 3 rings (SSSR count). The molecular weight excluding hydrogens is 279 g/mol. The molecule has 6 heteroatoms. The van der Waals surface area contributed by atoms with E-state index < -0.39 is 15.8 Å². The summed E-state index contributed by atoms with van der Waals surface area (Å²) in [7, 11) is -3.65. The molecule has 0 aromatic heterocycles. The van der Waals surface area contributed by atoms with E-state index in [0.29, 0.717) is 24.3 Å². The second-order valence-electron chi connectivity index (χ2n) is 5.87. The van der Waals surface area contributed by atoms with Crippen LogP contribution in [0.15, 0.2) is 23.1 Å². The van der Waals surface area contributed by atoms with Crippen molar-refractivity contribution in [3.63, 3.8) is 0 Å². The Morgan fingerprint density at radius 1 is 1.25 bits per heavy atom. The lowest BCUT2D eigenvalue weighted by atomic mass is 9.99. The Balaban J connectivity index is 1.69. The summed E-state index contributed by atoms with van der Waals surface area (Å²) < 4.78 is 40.3. The standard InChI is InChI=1S/C14H19FN2O2S/c15-13-7-11(5-6-14(13)16)20(18,19)17-8-12(9-1-2-9)10-3-4-10/h5-7,9-10,12,17H,1-4,8,16H2. The van der Waals surface area contributed by atoms with Gasteiger partial charge < -0.3 is 5.73 Å². The predicted octanol–water partition coefficient (Wildman–Crippen LogP) is 2.12. The van der Waals surface area contributed by atoms with E-state index in [1.165, 1.54) is 37.8 Å². The normalized spacial score (nSPS) is 19.5. The molecule has 3 N–H and O–H groups in total. The summed E-state index contributed by atoms with van der Waals surface area (Å²) in [6, 6.07) is 3.59. The quantitative estimate of drug-likeness (QED) is 0.790. The van der Waals surface area contributed by atoms with Crippen molar-refractivity contribution < 1.29 is 12.8 Å². The minimum absolute atomic E-state index is 0.0437. The van der Waals surface area contributed by atoms with Gasteiger partial charge in [0.15, 0.2) is 0 Å². The number of nitrogen functional groups attached to an aromatic ring is 1. The Hall–Kier alpha value is -1.14. The van der Waals surface area contributed by atoms with Gasteiger partial charge in [0.05, 0.1) is 10.6 Å². The maximum Gasteiger partial charge on any atom is 0.240 e. The van der Waals surface area contributed by atoms with Crippen molar-refractivity contribution in [2.75, 3.05) is 12.3 Å². The molecule has 0 unspecified atom stereocenters. The van der Waals surface area contributed by atoms with Gasteiger partial charge in [0.25, 0.3) is 0 Å². The fourth-order valence-electron chi connectivity index (χ4n) is 2.73. The topological polar surface area (TPSA) is 72.2 Å². The van der Waals surface area contributed by atoms with Crippen molar-refractivity contribution in [1.29, 1.82) is 0 Å². The van der Waals surface area contributed by atoms with Crippen molar-refractivity contribution in [1.82, 2.24) is 4.72 Å². The summed E-state index contributed by atoms with van der Waals surface area (Å²) in [4.78, 5) is -0.0606. The summed E-state index contributed by atoms with van der Waals surface area (Å²) in [6.45, 7) is 0.462. The van der Waals surface area contributed by atoms with Crippen molar-refractivity contribution in [2.24, 2.45) is 17.8 Å². The molecule has 0 amide bonds. The zero-order chi connectivity index (χ0) is 14.3. The number of nitrogens with one attached hydrogen (secondary N) is 1. The fourth-order valence-corrected chi connectivity index (χ4v) is 3.82. The summed E-state index contributed by atoms with van der Waals surface area (Å²) in [5.74, 6) is 1.10. The SMILES string of the molecule is Nc1ccc(S(=O)(=O)NCC(C2CC2)C2CC2)cc1F. The van der Waals surface area contributed by atoms with Crippen LogP contribution in [0.1, 0.15) is 25.7 Å². The van der Waals surface area contributed by atoms with Gasteiger partial charge in [-0.15, -0.1) is 0 Å². The third kappa shape index (κ3) is 2.96. The Morgan fingerprint density at radius 2 is 1.85 bits per heavy atom. The number of benzene rings is 1. The summed E-state index contributed by atoms with van der Waals surface area (Å²) in [5.41, 5.74) is 5.32. The monoisotopic (exact) mass is 298 g/mol. The maximum atomic E-state index is 13.4. The molecule has 1 aromatic rings. The van der Waals surface area contributed by atoms with E-state index in [4.69, 9.17) is 5.73 Å². The van der Waals surface area contributed by atoms with Crippen LogP contribution in [0.5, 0.6) is 0 Å². The van der Waals surface area contributed by atoms with Crippen molar-refractivity contribution in [3.05, 3.63) is 24.0 Å². The van der Waals surface area contributed by atoms with E-state index >= 15 is 0 Å². The van der Waals surface area contributed by atoms with Crippen LogP contribution in [0.3, 0.4) is 0 Å². The fraction of sp³-hybridized carbons (Fsp3) is 0.571. The van der Waals surface area contributed by atoms with Crippen molar-refractivity contribution in [3.8, 4) is 0 Å². The summed E-state index contributed by atoms with van der Waals surface area (Å²) >= 11 is 0. The molecule has 2 saturated carbocycles. The molecule has 1 aromatic carbocycles. The van der Waals surface area contributed by atoms with Crippen LogP contribution in [-0.4, -0.2) is 15.0 Å². The van der Waals surface area contributed by atoms with E-state index in [-0.39, 0.29) is 10.6 Å². The van der Waals surface area contributed by atoms with Gasteiger partial charge in [0.2, 0.25) is 10.0 Å². The van der Waals surface area contributed by atoms with Gasteiger partial charge in [-0.2, -0.15) is 0 Å². The second-order valence-corrected chi connectivity index (χ2v) is 7.64. The van der Waals surface area contributed by atoms with Gasteiger partial charge in [-0.05, 0) is 61.6 Å². The summed E-state index contributed by atoms with van der Waals surface area (Å²) in [5, 5.41) is 0. The first kappa shape index (κ1) is 13.8. The molecule has 20 heavy (non-hydrogen) atoms. The highest BCUT2D eigenvalue weighted by Gasteiger charge is 2.41. The molecule has 110 valence electrons. The molecule has 0 spiro atoms. The van der Waals surface area contributed by atoms with Gasteiger partial charge in [-0.25, -0.2) is 17.5 Å². The van der Waals surface area contributed by atoms with Crippen LogP contribution in [0.25, 0.3) is 0 Å². The van der Waals surface area contributed by atoms with Gasteiger partial charge >= 0.3 is 0 Å². The van der Waals surface area contributed by atoms with E-state index in [1.807, 2.05) is 0 Å². The largest absolute Gasteiger partial charge is 0.396 e. The Morgan fingerprint density at radius 3 is 2.35 bits per heavy atom. The number of anilines is 1. The van der Waals surface area contributed by atoms with Crippen LogP contribution in [0.4, 0.5) is 10.1 Å². The molecule has 0 atom stereocenters. The average Bonchev–Trinajstić information content (AvgIpc) is 3.25. The van der Waals surface area contributed by atoms with E-state index in [0.717, 1.165) is 6.07 Å². The molecular formula is C14H19FN2O2S. The minimum Gasteiger partial charge on any atom is -0.396 e. The number of nitrogens with two attached hydrogens (primary N) is 1. The van der Waals surface area contributed by atoms with Crippen molar-refractivity contribution >= 4 is 15.7 Å². The highest BCUT2D eigenvalue weighted by molar-refractivity contribution is 7.89. The number of hydrogen-bond donors (Lipinski definition) is 2. The molecule has 0 radical (unpaired) electrons. The molecule has 4 nitrogen and oxygen atoms in total. The number of rotatable bonds is 6.